The molecule has 0 amide bonds. The van der Waals surface area contributed by atoms with E-state index >= 15 is 0 Å². The highest BCUT2D eigenvalue weighted by molar-refractivity contribution is 5.87. The Labute approximate surface area is 114 Å². The normalized spacial score (nSPS) is 11.4. The first-order chi connectivity index (χ1) is 9.17. The molecule has 0 aliphatic rings. The molecule has 19 heavy (non-hydrogen) atoms. The number of aliphatic hydroxyl groups is 2. The third-order valence-corrected chi connectivity index (χ3v) is 3.55. The molecule has 3 heteroatoms. The molecule has 0 radical (unpaired) electrons. The predicted molar refractivity (Wildman–Crippen MR) is 78.5 cm³/mol. The Hall–Kier alpha value is -1.32. The average molecular weight is 261 g/mol. The van der Waals surface area contributed by atoms with Crippen molar-refractivity contribution in [3.63, 3.8) is 0 Å². The topological polar surface area (TPSA) is 45.4 Å². The predicted octanol–water partition coefficient (Wildman–Crippen LogP) is 2.57. The van der Waals surface area contributed by atoms with E-state index < -0.39 is 0 Å². The molecular weight excluding hydrogens is 238 g/mol. The summed E-state index contributed by atoms with van der Waals surface area (Å²) in [6.45, 7) is 5.55. The van der Waals surface area contributed by atoms with Gasteiger partial charge in [0.2, 0.25) is 0 Å². The monoisotopic (exact) mass is 261 g/mol. The van der Waals surface area contributed by atoms with Crippen LogP contribution in [0.25, 0.3) is 10.9 Å². The number of aromatic nitrogens is 1. The van der Waals surface area contributed by atoms with E-state index in [0.29, 0.717) is 0 Å². The molecule has 0 unspecified atom stereocenters. The molecule has 104 valence electrons. The molecule has 2 aromatic rings. The van der Waals surface area contributed by atoms with E-state index in [1.165, 1.54) is 27.6 Å². The van der Waals surface area contributed by atoms with Crippen molar-refractivity contribution in [2.45, 2.75) is 39.7 Å². The second-order valence-electron chi connectivity index (χ2n) is 5.23. The van der Waals surface area contributed by atoms with Gasteiger partial charge in [-0.3, -0.25) is 0 Å². The largest absolute Gasteiger partial charge is 0.396 e. The molecule has 1 aromatic carbocycles. The zero-order valence-corrected chi connectivity index (χ0v) is 11.8. The van der Waals surface area contributed by atoms with Gasteiger partial charge in [0.05, 0.1) is 5.52 Å². The van der Waals surface area contributed by atoms with Crippen molar-refractivity contribution in [3.05, 3.63) is 35.0 Å². The smallest absolute Gasteiger partial charge is 0.0513 e. The molecule has 2 rings (SSSR count). The minimum Gasteiger partial charge on any atom is -0.396 e. The van der Waals surface area contributed by atoms with Crippen molar-refractivity contribution >= 4 is 10.9 Å². The highest BCUT2D eigenvalue weighted by atomic mass is 16.3. The summed E-state index contributed by atoms with van der Waals surface area (Å²) in [6.07, 6.45) is 4.66. The van der Waals surface area contributed by atoms with Crippen molar-refractivity contribution in [1.29, 1.82) is 0 Å². The first kappa shape index (κ1) is 14.1. The lowest BCUT2D eigenvalue weighted by Gasteiger charge is -2.07. The Kier molecular flexibility index (Phi) is 4.61. The highest BCUT2D eigenvalue weighted by Gasteiger charge is 2.11. The minimum absolute atomic E-state index is 0.219. The third kappa shape index (κ3) is 2.99. The number of rotatable bonds is 6. The molecule has 1 heterocycles. The molecule has 3 nitrogen and oxygen atoms in total. The lowest BCUT2D eigenvalue weighted by molar-refractivity contribution is 0.280. The molecule has 2 N–H and O–H groups in total. The number of aryl methyl sites for hydroxylation is 4. The van der Waals surface area contributed by atoms with Gasteiger partial charge in [0.15, 0.2) is 0 Å². The summed E-state index contributed by atoms with van der Waals surface area (Å²) in [4.78, 5) is 0. The Morgan fingerprint density at radius 2 is 1.79 bits per heavy atom. The van der Waals surface area contributed by atoms with Crippen molar-refractivity contribution in [2.24, 2.45) is 0 Å². The van der Waals surface area contributed by atoms with Gasteiger partial charge in [-0.05, 0) is 50.3 Å². The number of aliphatic hydroxyl groups excluding tert-OH is 2. The number of hydrogen-bond donors (Lipinski definition) is 2. The van der Waals surface area contributed by atoms with Crippen LogP contribution in [0.3, 0.4) is 0 Å². The van der Waals surface area contributed by atoms with Gasteiger partial charge >= 0.3 is 0 Å². The summed E-state index contributed by atoms with van der Waals surface area (Å²) < 4.78 is 2.24. The van der Waals surface area contributed by atoms with E-state index in [1.807, 2.05) is 0 Å². The van der Waals surface area contributed by atoms with Gasteiger partial charge in [-0.15, -0.1) is 0 Å². The molecule has 0 aliphatic carbocycles. The zero-order chi connectivity index (χ0) is 13.8. The fourth-order valence-electron chi connectivity index (χ4n) is 2.79. The average Bonchev–Trinajstić information content (AvgIpc) is 2.72. The van der Waals surface area contributed by atoms with Crippen LogP contribution >= 0.6 is 0 Å². The fraction of sp³-hybridized carbons (Fsp3) is 0.500. The molecule has 0 fully saturated rings. The first-order valence-corrected chi connectivity index (χ1v) is 6.98. The van der Waals surface area contributed by atoms with Crippen molar-refractivity contribution in [1.82, 2.24) is 4.57 Å². The quantitative estimate of drug-likeness (QED) is 0.839. The van der Waals surface area contributed by atoms with Crippen molar-refractivity contribution in [2.75, 3.05) is 13.2 Å². The van der Waals surface area contributed by atoms with Crippen LogP contribution in [0.5, 0.6) is 0 Å². The zero-order valence-electron chi connectivity index (χ0n) is 11.8. The standard InChI is InChI=1S/C16H23NO2/c1-12-9-13(2)16-15(10-12)14(5-3-7-18)11-17(16)6-4-8-19/h9-11,18-19H,3-8H2,1-2H3. The molecular formula is C16H23NO2. The summed E-state index contributed by atoms with van der Waals surface area (Å²) in [5.74, 6) is 0. The van der Waals surface area contributed by atoms with Crippen molar-refractivity contribution < 1.29 is 10.2 Å². The number of hydrogen-bond acceptors (Lipinski definition) is 2. The molecule has 1 aromatic heterocycles. The van der Waals surface area contributed by atoms with Gasteiger partial charge in [0.1, 0.15) is 0 Å². The van der Waals surface area contributed by atoms with Crippen LogP contribution in [0.1, 0.15) is 29.5 Å². The van der Waals surface area contributed by atoms with E-state index in [2.05, 4.69) is 36.7 Å². The second kappa shape index (κ2) is 6.22. The van der Waals surface area contributed by atoms with E-state index in [-0.39, 0.29) is 13.2 Å². The molecule has 0 bridgehead atoms. The maximum absolute atomic E-state index is 9.02. The van der Waals surface area contributed by atoms with Crippen LogP contribution in [-0.4, -0.2) is 28.0 Å². The summed E-state index contributed by atoms with van der Waals surface area (Å²) in [5.41, 5.74) is 5.12. The molecule has 0 saturated carbocycles. The molecule has 0 aliphatic heterocycles. The molecule has 0 atom stereocenters. The van der Waals surface area contributed by atoms with Crippen LogP contribution < -0.4 is 0 Å². The maximum Gasteiger partial charge on any atom is 0.0513 e. The Balaban J connectivity index is 2.49. The second-order valence-corrected chi connectivity index (χ2v) is 5.23. The Morgan fingerprint density at radius 3 is 2.47 bits per heavy atom. The Bertz CT molecular complexity index is 557. The van der Waals surface area contributed by atoms with Crippen LogP contribution in [0.15, 0.2) is 18.3 Å². The number of nitrogens with zero attached hydrogens (tertiary/aromatic N) is 1. The maximum atomic E-state index is 9.02. The molecule has 0 spiro atoms. The lowest BCUT2D eigenvalue weighted by atomic mass is 10.0. The number of fused-ring (bicyclic) bond motifs is 1. The SMILES string of the molecule is Cc1cc(C)c2c(c1)c(CCCO)cn2CCCO. The summed E-state index contributed by atoms with van der Waals surface area (Å²) in [7, 11) is 0. The van der Waals surface area contributed by atoms with Crippen molar-refractivity contribution in [3.8, 4) is 0 Å². The van der Waals surface area contributed by atoms with Gasteiger partial charge < -0.3 is 14.8 Å². The van der Waals surface area contributed by atoms with E-state index in [0.717, 1.165) is 25.8 Å². The fourth-order valence-corrected chi connectivity index (χ4v) is 2.79. The minimum atomic E-state index is 0.219. The van der Waals surface area contributed by atoms with E-state index in [1.54, 1.807) is 0 Å². The van der Waals surface area contributed by atoms with Gasteiger partial charge in [-0.25, -0.2) is 0 Å². The first-order valence-electron chi connectivity index (χ1n) is 6.98. The van der Waals surface area contributed by atoms with Gasteiger partial charge in [-0.2, -0.15) is 0 Å². The van der Waals surface area contributed by atoms with Crippen LogP contribution in [-0.2, 0) is 13.0 Å². The summed E-state index contributed by atoms with van der Waals surface area (Å²) >= 11 is 0. The molecule has 0 saturated heterocycles. The number of benzene rings is 1. The van der Waals surface area contributed by atoms with Crippen LogP contribution in [0.4, 0.5) is 0 Å². The van der Waals surface area contributed by atoms with Gasteiger partial charge in [-0.1, -0.05) is 11.6 Å². The Morgan fingerprint density at radius 1 is 1.05 bits per heavy atom. The van der Waals surface area contributed by atoms with Gasteiger partial charge in [0.25, 0.3) is 0 Å². The highest BCUT2D eigenvalue weighted by Crippen LogP contribution is 2.27. The van der Waals surface area contributed by atoms with E-state index in [4.69, 9.17) is 10.2 Å². The van der Waals surface area contributed by atoms with Crippen LogP contribution in [0.2, 0.25) is 0 Å². The van der Waals surface area contributed by atoms with E-state index in [9.17, 15) is 0 Å². The summed E-state index contributed by atoms with van der Waals surface area (Å²) in [6, 6.07) is 4.43. The van der Waals surface area contributed by atoms with Gasteiger partial charge in [0, 0.05) is 31.3 Å². The lowest BCUT2D eigenvalue weighted by Crippen LogP contribution is -1.99. The summed E-state index contributed by atoms with van der Waals surface area (Å²) in [5, 5.41) is 19.3. The third-order valence-electron chi connectivity index (χ3n) is 3.55. The van der Waals surface area contributed by atoms with Crippen LogP contribution in [0, 0.1) is 13.8 Å².